The molecule has 1 aliphatic heterocycles. The summed E-state index contributed by atoms with van der Waals surface area (Å²) in [5.41, 5.74) is 1.29. The Labute approximate surface area is 149 Å². The SMILES string of the molecule is CN1CCC(N(Cc2ccco2)C(=O)C2CC2c2ccccc2)CC1. The molecule has 2 heterocycles. The van der Waals surface area contributed by atoms with Crippen LogP contribution in [0.2, 0.25) is 0 Å². The predicted octanol–water partition coefficient (Wildman–Crippen LogP) is 3.51. The van der Waals surface area contributed by atoms with Crippen LogP contribution in [0.3, 0.4) is 0 Å². The van der Waals surface area contributed by atoms with Crippen molar-refractivity contribution in [2.45, 2.75) is 37.8 Å². The lowest BCUT2D eigenvalue weighted by Crippen LogP contribution is -2.46. The summed E-state index contributed by atoms with van der Waals surface area (Å²) >= 11 is 0. The number of carbonyl (C=O) groups is 1. The Morgan fingerprint density at radius 3 is 2.60 bits per heavy atom. The maximum absolute atomic E-state index is 13.3. The number of furan rings is 1. The molecule has 4 rings (SSSR count). The lowest BCUT2D eigenvalue weighted by molar-refractivity contribution is -0.137. The highest BCUT2D eigenvalue weighted by Crippen LogP contribution is 2.49. The molecule has 4 heteroatoms. The van der Waals surface area contributed by atoms with Crippen LogP contribution in [-0.4, -0.2) is 41.9 Å². The summed E-state index contributed by atoms with van der Waals surface area (Å²) in [6.45, 7) is 2.71. The highest BCUT2D eigenvalue weighted by molar-refractivity contribution is 5.83. The van der Waals surface area contributed by atoms with Gasteiger partial charge in [0.05, 0.1) is 12.8 Å². The zero-order valence-electron chi connectivity index (χ0n) is 14.8. The lowest BCUT2D eigenvalue weighted by Gasteiger charge is -2.37. The Hall–Kier alpha value is -2.07. The van der Waals surface area contributed by atoms with Crippen molar-refractivity contribution in [1.29, 1.82) is 0 Å². The van der Waals surface area contributed by atoms with Crippen LogP contribution < -0.4 is 0 Å². The third kappa shape index (κ3) is 3.64. The molecule has 1 saturated heterocycles. The molecule has 1 aromatic heterocycles. The number of hydrogen-bond acceptors (Lipinski definition) is 3. The van der Waals surface area contributed by atoms with Gasteiger partial charge in [-0.25, -0.2) is 0 Å². The van der Waals surface area contributed by atoms with Crippen molar-refractivity contribution < 1.29 is 9.21 Å². The number of hydrogen-bond donors (Lipinski definition) is 0. The van der Waals surface area contributed by atoms with Gasteiger partial charge >= 0.3 is 0 Å². The number of rotatable bonds is 5. The van der Waals surface area contributed by atoms with Crippen LogP contribution in [0.4, 0.5) is 0 Å². The topological polar surface area (TPSA) is 36.7 Å². The molecule has 0 spiro atoms. The van der Waals surface area contributed by atoms with Crippen molar-refractivity contribution in [3.63, 3.8) is 0 Å². The number of piperidine rings is 1. The van der Waals surface area contributed by atoms with Crippen LogP contribution in [0.15, 0.2) is 53.1 Å². The van der Waals surface area contributed by atoms with Gasteiger partial charge in [0.1, 0.15) is 5.76 Å². The van der Waals surface area contributed by atoms with Gasteiger partial charge in [-0.1, -0.05) is 30.3 Å². The van der Waals surface area contributed by atoms with E-state index in [1.54, 1.807) is 6.26 Å². The molecule has 2 atom stereocenters. The Bertz CT molecular complexity index is 690. The van der Waals surface area contributed by atoms with E-state index < -0.39 is 0 Å². The Balaban J connectivity index is 1.48. The van der Waals surface area contributed by atoms with E-state index >= 15 is 0 Å². The molecule has 0 bridgehead atoms. The molecule has 1 aliphatic carbocycles. The van der Waals surface area contributed by atoms with E-state index in [2.05, 4.69) is 41.1 Å². The smallest absolute Gasteiger partial charge is 0.226 e. The fourth-order valence-electron chi connectivity index (χ4n) is 4.01. The van der Waals surface area contributed by atoms with Gasteiger partial charge in [-0.2, -0.15) is 0 Å². The number of benzene rings is 1. The highest BCUT2D eigenvalue weighted by atomic mass is 16.3. The predicted molar refractivity (Wildman–Crippen MR) is 97.1 cm³/mol. The number of likely N-dealkylation sites (tertiary alicyclic amines) is 1. The molecular formula is C21H26N2O2. The third-order valence-electron chi connectivity index (χ3n) is 5.65. The van der Waals surface area contributed by atoms with E-state index in [1.807, 2.05) is 18.2 Å². The van der Waals surface area contributed by atoms with Crippen LogP contribution in [0, 0.1) is 5.92 Å². The fourth-order valence-corrected chi connectivity index (χ4v) is 4.01. The summed E-state index contributed by atoms with van der Waals surface area (Å²) < 4.78 is 5.53. The second kappa shape index (κ2) is 7.04. The molecular weight excluding hydrogens is 312 g/mol. The second-order valence-electron chi connectivity index (χ2n) is 7.44. The molecule has 1 aromatic carbocycles. The number of amides is 1. The molecule has 2 fully saturated rings. The van der Waals surface area contributed by atoms with Crippen molar-refractivity contribution in [3.8, 4) is 0 Å². The molecule has 4 nitrogen and oxygen atoms in total. The van der Waals surface area contributed by atoms with Crippen molar-refractivity contribution in [2.24, 2.45) is 5.92 Å². The number of nitrogens with zero attached hydrogens (tertiary/aromatic N) is 2. The number of carbonyl (C=O) groups excluding carboxylic acids is 1. The van der Waals surface area contributed by atoms with Gasteiger partial charge < -0.3 is 14.2 Å². The summed E-state index contributed by atoms with van der Waals surface area (Å²) in [5.74, 6) is 1.71. The minimum Gasteiger partial charge on any atom is -0.467 e. The maximum Gasteiger partial charge on any atom is 0.226 e. The molecule has 1 saturated carbocycles. The zero-order valence-corrected chi connectivity index (χ0v) is 14.8. The van der Waals surface area contributed by atoms with Crippen molar-refractivity contribution in [1.82, 2.24) is 9.80 Å². The lowest BCUT2D eigenvalue weighted by atomic mass is 10.0. The first-order valence-corrected chi connectivity index (χ1v) is 9.28. The summed E-state index contributed by atoms with van der Waals surface area (Å²) in [4.78, 5) is 17.7. The van der Waals surface area contributed by atoms with Gasteiger partial charge in [-0.3, -0.25) is 4.79 Å². The van der Waals surface area contributed by atoms with Gasteiger partial charge in [0.25, 0.3) is 0 Å². The monoisotopic (exact) mass is 338 g/mol. The van der Waals surface area contributed by atoms with Crippen LogP contribution >= 0.6 is 0 Å². The van der Waals surface area contributed by atoms with Gasteiger partial charge in [-0.05, 0) is 63.0 Å². The standard InChI is InChI=1S/C21H26N2O2/c1-22-11-9-17(10-12-22)23(15-18-8-5-13-25-18)21(24)20-14-19(20)16-6-3-2-4-7-16/h2-8,13,17,19-20H,9-12,14-15H2,1H3. The molecule has 132 valence electrons. The Kier molecular flexibility index (Phi) is 4.62. The summed E-state index contributed by atoms with van der Waals surface area (Å²) in [6, 6.07) is 14.6. The van der Waals surface area contributed by atoms with Crippen molar-refractivity contribution >= 4 is 5.91 Å². The first-order chi connectivity index (χ1) is 12.2. The summed E-state index contributed by atoms with van der Waals surface area (Å²) in [6.07, 6.45) is 4.76. The van der Waals surface area contributed by atoms with E-state index in [9.17, 15) is 4.79 Å². The quantitative estimate of drug-likeness (QED) is 0.837. The van der Waals surface area contributed by atoms with E-state index in [0.717, 1.165) is 38.1 Å². The average molecular weight is 338 g/mol. The van der Waals surface area contributed by atoms with Gasteiger partial charge in [0, 0.05) is 12.0 Å². The summed E-state index contributed by atoms with van der Waals surface area (Å²) in [7, 11) is 2.15. The van der Waals surface area contributed by atoms with Gasteiger partial charge in [-0.15, -0.1) is 0 Å². The second-order valence-corrected chi connectivity index (χ2v) is 7.44. The van der Waals surface area contributed by atoms with Crippen LogP contribution in [0.1, 0.15) is 36.5 Å². The molecule has 1 amide bonds. The van der Waals surface area contributed by atoms with E-state index in [0.29, 0.717) is 24.4 Å². The largest absolute Gasteiger partial charge is 0.467 e. The Morgan fingerprint density at radius 2 is 1.92 bits per heavy atom. The molecule has 25 heavy (non-hydrogen) atoms. The molecule has 2 unspecified atom stereocenters. The van der Waals surface area contributed by atoms with Crippen LogP contribution in [-0.2, 0) is 11.3 Å². The zero-order chi connectivity index (χ0) is 17.2. The molecule has 2 aliphatic rings. The van der Waals surface area contributed by atoms with E-state index in [4.69, 9.17) is 4.42 Å². The van der Waals surface area contributed by atoms with E-state index in [-0.39, 0.29) is 5.92 Å². The van der Waals surface area contributed by atoms with Gasteiger partial charge in [0.15, 0.2) is 0 Å². The minimum atomic E-state index is 0.136. The van der Waals surface area contributed by atoms with E-state index in [1.165, 1.54) is 5.56 Å². The molecule has 2 aromatic rings. The fraction of sp³-hybridized carbons (Fsp3) is 0.476. The van der Waals surface area contributed by atoms with Crippen molar-refractivity contribution in [3.05, 3.63) is 60.1 Å². The van der Waals surface area contributed by atoms with Gasteiger partial charge in [0.2, 0.25) is 5.91 Å². The highest BCUT2D eigenvalue weighted by Gasteiger charge is 2.47. The van der Waals surface area contributed by atoms with Crippen LogP contribution in [0.25, 0.3) is 0 Å². The maximum atomic E-state index is 13.3. The third-order valence-corrected chi connectivity index (χ3v) is 5.65. The Morgan fingerprint density at radius 1 is 1.16 bits per heavy atom. The molecule has 0 N–H and O–H groups in total. The summed E-state index contributed by atoms with van der Waals surface area (Å²) in [5, 5.41) is 0. The molecule has 0 radical (unpaired) electrons. The first kappa shape index (κ1) is 16.4. The minimum absolute atomic E-state index is 0.136. The first-order valence-electron chi connectivity index (χ1n) is 9.28. The normalized spacial score (nSPS) is 24.2. The van der Waals surface area contributed by atoms with Crippen molar-refractivity contribution in [2.75, 3.05) is 20.1 Å². The van der Waals surface area contributed by atoms with Crippen LogP contribution in [0.5, 0.6) is 0 Å². The average Bonchev–Trinajstić information content (AvgIpc) is 3.29.